The normalized spacial score (nSPS) is 17.2. The number of benzene rings is 2. The summed E-state index contributed by atoms with van der Waals surface area (Å²) in [4.78, 5) is 43.3. The van der Waals surface area contributed by atoms with Crippen LogP contribution in [0.1, 0.15) is 16.7 Å². The van der Waals surface area contributed by atoms with Gasteiger partial charge in [-0.3, -0.25) is 4.79 Å². The number of aromatic nitrogens is 1. The van der Waals surface area contributed by atoms with E-state index in [0.717, 1.165) is 21.6 Å². The van der Waals surface area contributed by atoms with Crippen LogP contribution in [0.5, 0.6) is 0 Å². The fourth-order valence-corrected chi connectivity index (χ4v) is 4.03. The molecule has 1 aliphatic heterocycles. The minimum Gasteiger partial charge on any atom is -0.467 e. The molecule has 8 heteroatoms. The third-order valence-corrected chi connectivity index (χ3v) is 5.67. The smallest absolute Gasteiger partial charge is 0.329 e. The topological polar surface area (TPSA) is 115 Å². The van der Waals surface area contributed by atoms with Gasteiger partial charge >= 0.3 is 12.0 Å². The number of imide groups is 1. The van der Waals surface area contributed by atoms with Crippen LogP contribution in [0.2, 0.25) is 0 Å². The molecule has 1 saturated heterocycles. The molecule has 2 aromatic carbocycles. The molecule has 8 nitrogen and oxygen atoms in total. The number of methoxy groups -OCH3 is 1. The average molecular weight is 444 g/mol. The van der Waals surface area contributed by atoms with Crippen LogP contribution in [0.15, 0.2) is 72.9 Å². The number of ether oxygens (including phenoxy) is 1. The summed E-state index contributed by atoms with van der Waals surface area (Å²) in [5.74, 6) is -1.49. The van der Waals surface area contributed by atoms with Crippen molar-refractivity contribution in [3.8, 4) is 0 Å². The Balaban J connectivity index is 1.52. The van der Waals surface area contributed by atoms with Gasteiger partial charge in [-0.15, -0.1) is 0 Å². The Kier molecular flexibility index (Phi) is 6.35. The molecule has 2 unspecified atom stereocenters. The van der Waals surface area contributed by atoms with Gasteiger partial charge in [0.05, 0.1) is 13.0 Å². The highest BCUT2D eigenvalue weighted by Crippen LogP contribution is 2.32. The summed E-state index contributed by atoms with van der Waals surface area (Å²) in [6.45, 7) is 0. The maximum atomic E-state index is 13.0. The van der Waals surface area contributed by atoms with Crippen LogP contribution in [-0.4, -0.2) is 40.9 Å². The molecule has 0 spiro atoms. The van der Waals surface area contributed by atoms with E-state index in [9.17, 15) is 14.4 Å². The third-order valence-electron chi connectivity index (χ3n) is 5.67. The molecule has 1 aromatic heterocycles. The predicted molar refractivity (Wildman–Crippen MR) is 123 cm³/mol. The van der Waals surface area contributed by atoms with Crippen LogP contribution >= 0.6 is 0 Å². The molecule has 3 N–H and O–H groups in total. The fraction of sp³-hybridized carbons (Fsp3) is 0.200. The highest BCUT2D eigenvalue weighted by atomic mass is 16.5. The maximum Gasteiger partial charge on any atom is 0.329 e. The first kappa shape index (κ1) is 22.0. The standard InChI is InChI=1S/C25H24N4O4/c1-33-24(31)22-19(14-17-11-12-27-21(26)15-17)23(30)29(22)25(32)28-20-10-6-5-9-18(20)13-16-7-3-2-4-8-16/h2-12,15,19,22H,13-14H2,1H3,(H2,26,27)(H,28,32). The van der Waals surface area contributed by atoms with Gasteiger partial charge in [0.2, 0.25) is 5.91 Å². The molecule has 4 rings (SSSR count). The Morgan fingerprint density at radius 3 is 2.52 bits per heavy atom. The molecular formula is C25H24N4O4. The van der Waals surface area contributed by atoms with E-state index in [1.807, 2.05) is 42.5 Å². The van der Waals surface area contributed by atoms with E-state index < -0.39 is 29.9 Å². The molecule has 0 aliphatic carbocycles. The van der Waals surface area contributed by atoms with Crippen LogP contribution in [0.4, 0.5) is 16.3 Å². The van der Waals surface area contributed by atoms with E-state index in [1.165, 1.54) is 13.3 Å². The Bertz CT molecular complexity index is 1180. The lowest BCUT2D eigenvalue weighted by Gasteiger charge is -2.43. The number of hydrogen-bond acceptors (Lipinski definition) is 6. The first-order valence-electron chi connectivity index (χ1n) is 10.5. The Labute approximate surface area is 191 Å². The van der Waals surface area contributed by atoms with Gasteiger partial charge in [0.25, 0.3) is 0 Å². The highest BCUT2D eigenvalue weighted by Gasteiger charge is 2.55. The number of β-lactam (4-membered cyclic amide) rings is 1. The summed E-state index contributed by atoms with van der Waals surface area (Å²) in [7, 11) is 1.23. The number of pyridine rings is 1. The summed E-state index contributed by atoms with van der Waals surface area (Å²) in [6, 6.07) is 18.9. The van der Waals surface area contributed by atoms with Gasteiger partial charge in [-0.05, 0) is 47.7 Å². The predicted octanol–water partition coefficient (Wildman–Crippen LogP) is 3.03. The SMILES string of the molecule is COC(=O)C1C(Cc2ccnc(N)c2)C(=O)N1C(=O)Nc1ccccc1Cc1ccccc1. The second kappa shape index (κ2) is 9.52. The largest absolute Gasteiger partial charge is 0.467 e. The van der Waals surface area contributed by atoms with Gasteiger partial charge in [-0.1, -0.05) is 48.5 Å². The van der Waals surface area contributed by atoms with E-state index in [-0.39, 0.29) is 6.42 Å². The zero-order chi connectivity index (χ0) is 23.4. The van der Waals surface area contributed by atoms with Crippen LogP contribution < -0.4 is 11.1 Å². The van der Waals surface area contributed by atoms with Crippen molar-refractivity contribution in [2.45, 2.75) is 18.9 Å². The molecule has 2 atom stereocenters. The van der Waals surface area contributed by atoms with E-state index in [4.69, 9.17) is 10.5 Å². The monoisotopic (exact) mass is 444 g/mol. The lowest BCUT2D eigenvalue weighted by molar-refractivity contribution is -0.167. The number of esters is 1. The number of anilines is 2. The number of urea groups is 1. The van der Waals surface area contributed by atoms with E-state index in [2.05, 4.69) is 10.3 Å². The molecule has 0 saturated carbocycles. The number of hydrogen-bond donors (Lipinski definition) is 2. The summed E-state index contributed by atoms with van der Waals surface area (Å²) in [5.41, 5.74) is 9.03. The van der Waals surface area contributed by atoms with Gasteiger partial charge < -0.3 is 15.8 Å². The molecular weight excluding hydrogens is 420 g/mol. The van der Waals surface area contributed by atoms with Crippen molar-refractivity contribution in [2.24, 2.45) is 5.92 Å². The summed E-state index contributed by atoms with van der Waals surface area (Å²) in [6.07, 6.45) is 2.40. The highest BCUT2D eigenvalue weighted by molar-refractivity contribution is 6.11. The number of nitrogens with zero attached hydrogens (tertiary/aromatic N) is 2. The molecule has 0 bridgehead atoms. The molecule has 33 heavy (non-hydrogen) atoms. The summed E-state index contributed by atoms with van der Waals surface area (Å²) >= 11 is 0. The van der Waals surface area contributed by atoms with Gasteiger partial charge in [-0.2, -0.15) is 0 Å². The quantitative estimate of drug-likeness (QED) is 0.446. The van der Waals surface area contributed by atoms with Crippen LogP contribution in [0.3, 0.4) is 0 Å². The van der Waals surface area contributed by atoms with Gasteiger partial charge in [0, 0.05) is 11.9 Å². The molecule has 2 heterocycles. The minimum absolute atomic E-state index is 0.250. The Morgan fingerprint density at radius 2 is 1.79 bits per heavy atom. The summed E-state index contributed by atoms with van der Waals surface area (Å²) < 4.78 is 4.88. The van der Waals surface area contributed by atoms with Crippen molar-refractivity contribution in [3.63, 3.8) is 0 Å². The zero-order valence-corrected chi connectivity index (χ0v) is 18.1. The lowest BCUT2D eigenvalue weighted by Crippen LogP contribution is -2.67. The lowest BCUT2D eigenvalue weighted by atomic mass is 9.82. The van der Waals surface area contributed by atoms with Crippen molar-refractivity contribution in [2.75, 3.05) is 18.2 Å². The number of carbonyl (C=O) groups is 3. The first-order valence-corrected chi connectivity index (χ1v) is 10.5. The molecule has 1 aliphatic rings. The molecule has 3 amide bonds. The van der Waals surface area contributed by atoms with Crippen LogP contribution in [0.25, 0.3) is 0 Å². The van der Waals surface area contributed by atoms with Crippen molar-refractivity contribution < 1.29 is 19.1 Å². The Hall–Kier alpha value is -4.20. The number of rotatable bonds is 6. The number of para-hydroxylation sites is 1. The van der Waals surface area contributed by atoms with Crippen molar-refractivity contribution >= 4 is 29.4 Å². The number of nitrogens with two attached hydrogens (primary N) is 1. The minimum atomic E-state index is -1.02. The number of likely N-dealkylation sites (tertiary alicyclic amines) is 1. The second-order valence-corrected chi connectivity index (χ2v) is 7.83. The summed E-state index contributed by atoms with van der Waals surface area (Å²) in [5, 5.41) is 2.79. The molecule has 168 valence electrons. The van der Waals surface area contributed by atoms with Crippen molar-refractivity contribution in [1.29, 1.82) is 0 Å². The fourth-order valence-electron chi connectivity index (χ4n) is 4.03. The number of amides is 3. The van der Waals surface area contributed by atoms with Crippen LogP contribution in [0, 0.1) is 5.92 Å². The van der Waals surface area contributed by atoms with E-state index in [1.54, 1.807) is 24.3 Å². The van der Waals surface area contributed by atoms with Gasteiger partial charge in [0.1, 0.15) is 5.82 Å². The van der Waals surface area contributed by atoms with E-state index in [0.29, 0.717) is 17.9 Å². The maximum absolute atomic E-state index is 13.0. The second-order valence-electron chi connectivity index (χ2n) is 7.83. The Morgan fingerprint density at radius 1 is 1.06 bits per heavy atom. The average Bonchev–Trinajstić information content (AvgIpc) is 2.82. The molecule has 1 fully saturated rings. The van der Waals surface area contributed by atoms with Crippen molar-refractivity contribution in [3.05, 3.63) is 89.6 Å². The van der Waals surface area contributed by atoms with Gasteiger partial charge in [-0.25, -0.2) is 19.5 Å². The number of nitrogens with one attached hydrogen (secondary N) is 1. The van der Waals surface area contributed by atoms with Gasteiger partial charge in [0.15, 0.2) is 6.04 Å². The molecule has 0 radical (unpaired) electrons. The zero-order valence-electron chi connectivity index (χ0n) is 18.1. The van der Waals surface area contributed by atoms with Crippen molar-refractivity contribution in [1.82, 2.24) is 9.88 Å². The van der Waals surface area contributed by atoms with E-state index >= 15 is 0 Å². The number of carbonyl (C=O) groups excluding carboxylic acids is 3. The third kappa shape index (κ3) is 4.69. The van der Waals surface area contributed by atoms with Crippen LogP contribution in [-0.2, 0) is 27.2 Å². The molecule has 3 aromatic rings. The number of nitrogen functional groups attached to an aromatic ring is 1. The first-order chi connectivity index (χ1) is 16.0.